The Hall–Kier alpha value is -1.61. The number of nitrogens with zero attached hydrogens (tertiary/aromatic N) is 1. The quantitative estimate of drug-likeness (QED) is 0.760. The first-order chi connectivity index (χ1) is 12.4. The summed E-state index contributed by atoms with van der Waals surface area (Å²) in [7, 11) is -3.99. The van der Waals surface area contributed by atoms with Crippen molar-refractivity contribution in [1.82, 2.24) is 0 Å². The molecular weight excluding hydrogens is 388 g/mol. The van der Waals surface area contributed by atoms with Crippen molar-refractivity contribution >= 4 is 43.9 Å². The first kappa shape index (κ1) is 19.2. The number of ether oxygens (including phenoxy) is 1. The molecule has 1 aliphatic rings. The van der Waals surface area contributed by atoms with Crippen LogP contribution in [0.25, 0.3) is 0 Å². The van der Waals surface area contributed by atoms with E-state index in [4.69, 9.17) is 22.1 Å². The smallest absolute Gasteiger partial charge is 0.241 e. The molecule has 0 aliphatic carbocycles. The van der Waals surface area contributed by atoms with Gasteiger partial charge in [0, 0.05) is 18.7 Å². The molecule has 2 N–H and O–H groups in total. The molecule has 2 aromatic carbocycles. The molecular formula is C18H20N2O3S3. The van der Waals surface area contributed by atoms with Crippen molar-refractivity contribution in [2.24, 2.45) is 5.14 Å². The Labute approximate surface area is 163 Å². The summed E-state index contributed by atoms with van der Waals surface area (Å²) >= 11 is 6.77. The highest BCUT2D eigenvalue weighted by molar-refractivity contribution is 8.23. The van der Waals surface area contributed by atoms with Gasteiger partial charge in [0.25, 0.3) is 0 Å². The SMILES string of the molecule is CSC(=S)c1cc(N2CCCC2)c(Oc2ccccc2)c(S(N)(=O)=O)c1. The van der Waals surface area contributed by atoms with Crippen LogP contribution in [0.3, 0.4) is 0 Å². The second-order valence-corrected chi connectivity index (χ2v) is 8.98. The van der Waals surface area contributed by atoms with Crippen LogP contribution in [0.5, 0.6) is 11.5 Å². The fraction of sp³-hybridized carbons (Fsp3) is 0.278. The van der Waals surface area contributed by atoms with Gasteiger partial charge < -0.3 is 9.64 Å². The predicted octanol–water partition coefficient (Wildman–Crippen LogP) is 3.77. The molecule has 8 heteroatoms. The van der Waals surface area contributed by atoms with Crippen LogP contribution in [0, 0.1) is 0 Å². The van der Waals surface area contributed by atoms with E-state index in [-0.39, 0.29) is 10.6 Å². The van der Waals surface area contributed by atoms with Gasteiger partial charge in [0.2, 0.25) is 10.0 Å². The first-order valence-electron chi connectivity index (χ1n) is 8.17. The number of para-hydroxylation sites is 1. The zero-order chi connectivity index (χ0) is 18.7. The fourth-order valence-electron chi connectivity index (χ4n) is 2.94. The van der Waals surface area contributed by atoms with E-state index >= 15 is 0 Å². The van der Waals surface area contributed by atoms with Crippen LogP contribution in [0.15, 0.2) is 47.4 Å². The average molecular weight is 409 g/mol. The van der Waals surface area contributed by atoms with Crippen LogP contribution in [0.1, 0.15) is 18.4 Å². The minimum Gasteiger partial charge on any atom is -0.454 e. The first-order valence-corrected chi connectivity index (χ1v) is 11.3. The number of sulfonamides is 1. The third-order valence-electron chi connectivity index (χ3n) is 4.17. The molecule has 1 fully saturated rings. The molecule has 0 unspecified atom stereocenters. The zero-order valence-electron chi connectivity index (χ0n) is 14.3. The second-order valence-electron chi connectivity index (χ2n) is 5.97. The normalized spacial score (nSPS) is 14.5. The summed E-state index contributed by atoms with van der Waals surface area (Å²) in [6.45, 7) is 1.68. The molecule has 5 nitrogen and oxygen atoms in total. The lowest BCUT2D eigenvalue weighted by molar-refractivity contribution is 0.467. The number of benzene rings is 2. The Morgan fingerprint density at radius 2 is 1.85 bits per heavy atom. The van der Waals surface area contributed by atoms with Gasteiger partial charge in [-0.15, -0.1) is 11.8 Å². The maximum absolute atomic E-state index is 12.3. The van der Waals surface area contributed by atoms with Gasteiger partial charge in [0.05, 0.1) is 9.88 Å². The molecule has 138 valence electrons. The van der Waals surface area contributed by atoms with Crippen molar-refractivity contribution in [2.75, 3.05) is 24.2 Å². The van der Waals surface area contributed by atoms with E-state index in [0.717, 1.165) is 25.9 Å². The topological polar surface area (TPSA) is 72.6 Å². The van der Waals surface area contributed by atoms with Crippen LogP contribution < -0.4 is 14.8 Å². The molecule has 2 aromatic rings. The van der Waals surface area contributed by atoms with E-state index in [9.17, 15) is 8.42 Å². The molecule has 0 spiro atoms. The average Bonchev–Trinajstić information content (AvgIpc) is 3.15. The van der Waals surface area contributed by atoms with Crippen molar-refractivity contribution in [3.8, 4) is 11.5 Å². The minimum absolute atomic E-state index is 0.0443. The molecule has 1 aliphatic heterocycles. The van der Waals surface area contributed by atoms with E-state index in [1.807, 2.05) is 30.5 Å². The Morgan fingerprint density at radius 3 is 2.42 bits per heavy atom. The van der Waals surface area contributed by atoms with Crippen molar-refractivity contribution in [2.45, 2.75) is 17.7 Å². The summed E-state index contributed by atoms with van der Waals surface area (Å²) in [6, 6.07) is 12.5. The summed E-state index contributed by atoms with van der Waals surface area (Å²) in [5.74, 6) is 0.811. The lowest BCUT2D eigenvalue weighted by Crippen LogP contribution is -2.21. The molecule has 0 atom stereocenters. The Kier molecular flexibility index (Phi) is 5.86. The third kappa shape index (κ3) is 4.20. The number of hydrogen-bond donors (Lipinski definition) is 1. The fourth-order valence-corrected chi connectivity index (χ4v) is 4.10. The van der Waals surface area contributed by atoms with Gasteiger partial charge in [-0.3, -0.25) is 0 Å². The van der Waals surface area contributed by atoms with Gasteiger partial charge >= 0.3 is 0 Å². The van der Waals surface area contributed by atoms with Gasteiger partial charge in [0.1, 0.15) is 10.6 Å². The van der Waals surface area contributed by atoms with E-state index in [0.29, 0.717) is 21.2 Å². The van der Waals surface area contributed by atoms with Crippen LogP contribution in [-0.4, -0.2) is 32.0 Å². The molecule has 0 amide bonds. The number of rotatable bonds is 5. The molecule has 26 heavy (non-hydrogen) atoms. The summed E-state index contributed by atoms with van der Waals surface area (Å²) in [4.78, 5) is 2.08. The Balaban J connectivity index is 2.21. The number of anilines is 1. The van der Waals surface area contributed by atoms with Crippen molar-refractivity contribution in [3.05, 3.63) is 48.0 Å². The van der Waals surface area contributed by atoms with E-state index in [1.165, 1.54) is 17.8 Å². The number of primary sulfonamides is 1. The largest absolute Gasteiger partial charge is 0.454 e. The van der Waals surface area contributed by atoms with E-state index in [1.54, 1.807) is 12.1 Å². The van der Waals surface area contributed by atoms with Crippen molar-refractivity contribution in [1.29, 1.82) is 0 Å². The minimum atomic E-state index is -3.99. The Bertz CT molecular complexity index is 909. The predicted molar refractivity (Wildman–Crippen MR) is 111 cm³/mol. The van der Waals surface area contributed by atoms with Crippen LogP contribution >= 0.6 is 24.0 Å². The molecule has 0 aromatic heterocycles. The van der Waals surface area contributed by atoms with Crippen LogP contribution in [0.2, 0.25) is 0 Å². The molecule has 0 saturated carbocycles. The molecule has 0 bridgehead atoms. The van der Waals surface area contributed by atoms with Gasteiger partial charge in [0.15, 0.2) is 5.75 Å². The number of nitrogens with two attached hydrogens (primary N) is 1. The van der Waals surface area contributed by atoms with Gasteiger partial charge in [-0.1, -0.05) is 30.4 Å². The zero-order valence-corrected chi connectivity index (χ0v) is 16.8. The van der Waals surface area contributed by atoms with Crippen LogP contribution in [-0.2, 0) is 10.0 Å². The lowest BCUT2D eigenvalue weighted by atomic mass is 10.2. The van der Waals surface area contributed by atoms with Gasteiger partial charge in [-0.2, -0.15) is 0 Å². The summed E-state index contributed by atoms with van der Waals surface area (Å²) in [5.41, 5.74) is 1.38. The monoisotopic (exact) mass is 408 g/mol. The van der Waals surface area contributed by atoms with E-state index < -0.39 is 10.0 Å². The number of hydrogen-bond acceptors (Lipinski definition) is 6. The molecule has 0 radical (unpaired) electrons. The lowest BCUT2D eigenvalue weighted by Gasteiger charge is -2.24. The summed E-state index contributed by atoms with van der Waals surface area (Å²) in [6.07, 6.45) is 3.96. The standard InChI is InChI=1S/C18H20N2O3S3/c1-25-18(24)13-11-15(20-9-5-6-10-20)17(16(12-13)26(19,21)22)23-14-7-3-2-4-8-14/h2-4,7-8,11-12H,5-6,9-10H2,1H3,(H2,19,21,22). The highest BCUT2D eigenvalue weighted by Crippen LogP contribution is 2.41. The second kappa shape index (κ2) is 7.96. The van der Waals surface area contributed by atoms with Crippen molar-refractivity contribution < 1.29 is 13.2 Å². The molecule has 1 heterocycles. The van der Waals surface area contributed by atoms with Gasteiger partial charge in [-0.25, -0.2) is 13.6 Å². The number of thiocarbonyl (C=S) groups is 1. The third-order valence-corrected chi connectivity index (χ3v) is 6.43. The van der Waals surface area contributed by atoms with Crippen molar-refractivity contribution in [3.63, 3.8) is 0 Å². The summed E-state index contributed by atoms with van der Waals surface area (Å²) < 4.78 is 31.2. The molecule has 1 saturated heterocycles. The highest BCUT2D eigenvalue weighted by Gasteiger charge is 2.26. The maximum Gasteiger partial charge on any atom is 0.241 e. The van der Waals surface area contributed by atoms with Crippen LogP contribution in [0.4, 0.5) is 5.69 Å². The highest BCUT2D eigenvalue weighted by atomic mass is 32.2. The Morgan fingerprint density at radius 1 is 1.19 bits per heavy atom. The maximum atomic E-state index is 12.3. The van der Waals surface area contributed by atoms with Gasteiger partial charge in [-0.05, 0) is 43.4 Å². The summed E-state index contributed by atoms with van der Waals surface area (Å²) in [5, 5.41) is 5.51. The van der Waals surface area contributed by atoms with E-state index in [2.05, 4.69) is 4.90 Å². The number of thioether (sulfide) groups is 1. The molecule has 3 rings (SSSR count).